The van der Waals surface area contributed by atoms with Crippen molar-refractivity contribution in [2.45, 2.75) is 55.7 Å². The minimum absolute atomic E-state index is 0.0557. The molecule has 0 saturated carbocycles. The number of fused-ring (bicyclic) bond motifs is 1. The molecule has 3 unspecified atom stereocenters. The van der Waals surface area contributed by atoms with Crippen molar-refractivity contribution in [3.63, 3.8) is 0 Å². The Morgan fingerprint density at radius 1 is 1.35 bits per heavy atom. The van der Waals surface area contributed by atoms with Crippen molar-refractivity contribution < 1.29 is 19.5 Å². The summed E-state index contributed by atoms with van der Waals surface area (Å²) in [5, 5.41) is 15.2. The van der Waals surface area contributed by atoms with Gasteiger partial charge in [-0.05, 0) is 33.1 Å². The van der Waals surface area contributed by atoms with Gasteiger partial charge in [0, 0.05) is 24.4 Å². The van der Waals surface area contributed by atoms with E-state index in [1.807, 2.05) is 20.8 Å². The number of rotatable bonds is 4. The van der Waals surface area contributed by atoms with Crippen LogP contribution in [-0.4, -0.2) is 69.5 Å². The van der Waals surface area contributed by atoms with E-state index in [0.29, 0.717) is 0 Å². The van der Waals surface area contributed by atoms with Crippen molar-refractivity contribution in [2.75, 3.05) is 20.2 Å². The van der Waals surface area contributed by atoms with E-state index < -0.39 is 28.2 Å². The maximum absolute atomic E-state index is 13.3. The lowest BCUT2D eigenvalue weighted by molar-refractivity contribution is -0.140. The third kappa shape index (κ3) is 2.64. The summed E-state index contributed by atoms with van der Waals surface area (Å²) in [6, 6.07) is -0.661. The molecular formula is C18H29N3O4S. The van der Waals surface area contributed by atoms with Gasteiger partial charge in [-0.25, -0.2) is 0 Å². The Hall–Kier alpha value is -1.28. The van der Waals surface area contributed by atoms with Gasteiger partial charge < -0.3 is 20.6 Å². The highest BCUT2D eigenvalue weighted by atomic mass is 32.2. The summed E-state index contributed by atoms with van der Waals surface area (Å²) in [5.74, 6) is -1.28. The zero-order valence-corrected chi connectivity index (χ0v) is 16.9. The number of amides is 3. The summed E-state index contributed by atoms with van der Waals surface area (Å²) in [4.78, 5) is 40.5. The Kier molecular flexibility index (Phi) is 4.80. The van der Waals surface area contributed by atoms with Crippen LogP contribution in [0.5, 0.6) is 0 Å². The van der Waals surface area contributed by atoms with Crippen molar-refractivity contribution in [3.05, 3.63) is 0 Å². The third-order valence-corrected chi connectivity index (χ3v) is 7.96. The molecule has 3 amide bonds. The number of likely N-dealkylation sites (tertiary alicyclic amines) is 1. The number of carbonyl (C=O) groups excluding carboxylic acids is 3. The normalized spacial score (nSPS) is 38.5. The van der Waals surface area contributed by atoms with Crippen molar-refractivity contribution in [1.29, 1.82) is 0 Å². The number of aliphatic hydroxyl groups is 1. The molecular weight excluding hydrogens is 354 g/mol. The first kappa shape index (κ1) is 19.5. The van der Waals surface area contributed by atoms with Crippen LogP contribution in [-0.2, 0) is 14.4 Å². The summed E-state index contributed by atoms with van der Waals surface area (Å²) in [5.41, 5.74) is -0.426. The van der Waals surface area contributed by atoms with E-state index in [4.69, 9.17) is 0 Å². The van der Waals surface area contributed by atoms with Crippen LogP contribution in [0.4, 0.5) is 0 Å². The second kappa shape index (κ2) is 6.41. The van der Waals surface area contributed by atoms with Crippen molar-refractivity contribution >= 4 is 29.5 Å². The molecule has 0 radical (unpaired) electrons. The first-order valence-corrected chi connectivity index (χ1v) is 10.1. The predicted octanol–water partition coefficient (Wildman–Crippen LogP) is -0.0234. The Morgan fingerprint density at radius 2 is 2.00 bits per heavy atom. The molecule has 0 aromatic rings. The Balaban J connectivity index is 2.06. The fourth-order valence-electron chi connectivity index (χ4n) is 5.07. The lowest BCUT2D eigenvalue weighted by Crippen LogP contribution is -2.59. The zero-order chi connectivity index (χ0) is 19.4. The fraction of sp³-hybridized carbons (Fsp3) is 0.833. The van der Waals surface area contributed by atoms with E-state index in [1.165, 1.54) is 4.90 Å². The molecule has 3 fully saturated rings. The largest absolute Gasteiger partial charge is 0.395 e. The SMILES string of the molecule is CNC(=O)[C@@H]1[C@H]2C(=O)N(CCO)C(C(=O)NC(C)(C)C)C23S[C@@H]1CC3C. The molecule has 3 aliphatic heterocycles. The Bertz CT molecular complexity index is 634. The quantitative estimate of drug-likeness (QED) is 0.634. The van der Waals surface area contributed by atoms with Gasteiger partial charge in [-0.3, -0.25) is 14.4 Å². The van der Waals surface area contributed by atoms with Gasteiger partial charge in [-0.2, -0.15) is 0 Å². The highest BCUT2D eigenvalue weighted by Gasteiger charge is 2.75. The van der Waals surface area contributed by atoms with Crippen LogP contribution in [0.25, 0.3) is 0 Å². The maximum Gasteiger partial charge on any atom is 0.244 e. The van der Waals surface area contributed by atoms with Crippen LogP contribution in [0.1, 0.15) is 34.1 Å². The molecule has 3 N–H and O–H groups in total. The Morgan fingerprint density at radius 3 is 2.54 bits per heavy atom. The molecule has 7 nitrogen and oxygen atoms in total. The van der Waals surface area contributed by atoms with Crippen LogP contribution >= 0.6 is 11.8 Å². The molecule has 1 spiro atoms. The molecule has 8 heteroatoms. The molecule has 3 rings (SSSR count). The smallest absolute Gasteiger partial charge is 0.244 e. The maximum atomic E-state index is 13.3. The number of aliphatic hydroxyl groups excluding tert-OH is 1. The monoisotopic (exact) mass is 383 g/mol. The minimum Gasteiger partial charge on any atom is -0.395 e. The molecule has 0 aromatic heterocycles. The zero-order valence-electron chi connectivity index (χ0n) is 16.0. The molecule has 3 saturated heterocycles. The van der Waals surface area contributed by atoms with Crippen molar-refractivity contribution in [3.8, 4) is 0 Å². The standard InChI is InChI=1S/C18H29N3O4S/c1-9-8-10-11(14(23)19-5)12-16(25)21(6-7-22)13(18(9,12)26-10)15(24)20-17(2,3)4/h9-13,22H,6-8H2,1-5H3,(H,19,23)(H,20,24)/t9?,10-,11+,12+,13?,18?/m1/s1. The lowest BCUT2D eigenvalue weighted by atomic mass is 9.66. The molecule has 26 heavy (non-hydrogen) atoms. The molecule has 0 aromatic carbocycles. The second-order valence-corrected chi connectivity index (χ2v) is 10.2. The van der Waals surface area contributed by atoms with E-state index in [-0.39, 0.29) is 42.0 Å². The molecule has 3 heterocycles. The van der Waals surface area contributed by atoms with Crippen LogP contribution in [0.3, 0.4) is 0 Å². The number of carbonyl (C=O) groups is 3. The molecule has 3 aliphatic rings. The second-order valence-electron chi connectivity index (χ2n) is 8.66. The molecule has 0 aliphatic carbocycles. The van der Waals surface area contributed by atoms with Crippen LogP contribution in [0, 0.1) is 17.8 Å². The van der Waals surface area contributed by atoms with E-state index in [0.717, 1.165) is 6.42 Å². The number of β-amino-alcohol motifs (C(OH)–C–C–N with tert-alkyl or cyclic N) is 1. The van der Waals surface area contributed by atoms with E-state index >= 15 is 0 Å². The predicted molar refractivity (Wildman–Crippen MR) is 99.4 cm³/mol. The minimum atomic E-state index is -0.661. The van der Waals surface area contributed by atoms with Gasteiger partial charge in [-0.1, -0.05) is 6.92 Å². The van der Waals surface area contributed by atoms with E-state index in [9.17, 15) is 19.5 Å². The summed E-state index contributed by atoms with van der Waals surface area (Å²) in [6.45, 7) is 7.70. The van der Waals surface area contributed by atoms with Crippen molar-refractivity contribution in [2.24, 2.45) is 17.8 Å². The van der Waals surface area contributed by atoms with Gasteiger partial charge in [0.05, 0.1) is 23.2 Å². The summed E-state index contributed by atoms with van der Waals surface area (Å²) < 4.78 is -0.608. The average Bonchev–Trinajstić information content (AvgIpc) is 3.10. The number of thioether (sulfide) groups is 1. The summed E-state index contributed by atoms with van der Waals surface area (Å²) in [6.07, 6.45) is 0.818. The van der Waals surface area contributed by atoms with Gasteiger partial charge in [-0.15, -0.1) is 11.8 Å². The number of hydrogen-bond donors (Lipinski definition) is 3. The van der Waals surface area contributed by atoms with Crippen molar-refractivity contribution in [1.82, 2.24) is 15.5 Å². The summed E-state index contributed by atoms with van der Waals surface area (Å²) in [7, 11) is 1.59. The third-order valence-electron chi connectivity index (χ3n) is 5.88. The van der Waals surface area contributed by atoms with Crippen LogP contribution in [0.15, 0.2) is 0 Å². The van der Waals surface area contributed by atoms with Crippen LogP contribution < -0.4 is 10.6 Å². The van der Waals surface area contributed by atoms with Gasteiger partial charge in [0.25, 0.3) is 0 Å². The fourth-order valence-corrected chi connectivity index (χ4v) is 7.49. The first-order valence-electron chi connectivity index (χ1n) is 9.21. The number of nitrogens with one attached hydrogen (secondary N) is 2. The van der Waals surface area contributed by atoms with Crippen LogP contribution in [0.2, 0.25) is 0 Å². The first-order chi connectivity index (χ1) is 12.1. The molecule has 146 valence electrons. The number of hydrogen-bond acceptors (Lipinski definition) is 5. The highest BCUT2D eigenvalue weighted by molar-refractivity contribution is 8.02. The van der Waals surface area contributed by atoms with E-state index in [2.05, 4.69) is 17.6 Å². The van der Waals surface area contributed by atoms with Gasteiger partial charge in [0.15, 0.2) is 0 Å². The molecule has 2 bridgehead atoms. The lowest BCUT2D eigenvalue weighted by Gasteiger charge is -2.39. The average molecular weight is 384 g/mol. The molecule has 6 atom stereocenters. The topological polar surface area (TPSA) is 98.7 Å². The van der Waals surface area contributed by atoms with E-state index in [1.54, 1.807) is 18.8 Å². The van der Waals surface area contributed by atoms with Gasteiger partial charge >= 0.3 is 0 Å². The summed E-state index contributed by atoms with van der Waals surface area (Å²) >= 11 is 1.64. The Labute approximate surface area is 158 Å². The van der Waals surface area contributed by atoms with Gasteiger partial charge in [0.2, 0.25) is 17.7 Å². The highest BCUT2D eigenvalue weighted by Crippen LogP contribution is 2.68. The number of nitrogens with zero attached hydrogens (tertiary/aromatic N) is 1. The van der Waals surface area contributed by atoms with Gasteiger partial charge in [0.1, 0.15) is 6.04 Å².